The zero-order chi connectivity index (χ0) is 36.0. The summed E-state index contributed by atoms with van der Waals surface area (Å²) in [7, 11) is 0. The van der Waals surface area contributed by atoms with Gasteiger partial charge in [0.2, 0.25) is 0 Å². The molecule has 2 aromatic heterocycles. The highest BCUT2D eigenvalue weighted by Crippen LogP contribution is 2.52. The van der Waals surface area contributed by atoms with E-state index in [9.17, 15) is 0 Å². The summed E-state index contributed by atoms with van der Waals surface area (Å²) in [6.45, 7) is 4.72. The van der Waals surface area contributed by atoms with Gasteiger partial charge in [0.15, 0.2) is 0 Å². The van der Waals surface area contributed by atoms with Crippen LogP contribution in [0.2, 0.25) is 0 Å². The molecule has 3 heteroatoms. The summed E-state index contributed by atoms with van der Waals surface area (Å²) in [6, 6.07) is 66.0. The van der Waals surface area contributed by atoms with Crippen molar-refractivity contribution in [1.29, 1.82) is 0 Å². The van der Waals surface area contributed by atoms with Crippen LogP contribution in [0, 0.1) is 0 Å². The Kier molecular flexibility index (Phi) is 6.60. The lowest BCUT2D eigenvalue weighted by Crippen LogP contribution is -2.30. The fourth-order valence-electron chi connectivity index (χ4n) is 8.88. The maximum Gasteiger partial charge on any atom is 0.135 e. The Hall–Kier alpha value is -6.84. The second kappa shape index (κ2) is 11.6. The second-order valence-electron chi connectivity index (χ2n) is 15.0. The van der Waals surface area contributed by atoms with E-state index in [2.05, 4.69) is 193 Å². The van der Waals surface area contributed by atoms with Crippen molar-refractivity contribution in [3.05, 3.63) is 193 Å². The molecule has 3 heterocycles. The van der Waals surface area contributed by atoms with E-state index in [0.29, 0.717) is 0 Å². The highest BCUT2D eigenvalue weighted by atomic mass is 16.3. The number of hydrogen-bond donors (Lipinski definition) is 0. The van der Waals surface area contributed by atoms with E-state index in [1.807, 2.05) is 12.1 Å². The van der Waals surface area contributed by atoms with Crippen LogP contribution in [0.3, 0.4) is 0 Å². The molecule has 0 amide bonds. The van der Waals surface area contributed by atoms with Crippen molar-refractivity contribution < 1.29 is 4.42 Å². The minimum Gasteiger partial charge on any atom is -0.456 e. The number of anilines is 3. The quantitative estimate of drug-likeness (QED) is 0.183. The van der Waals surface area contributed by atoms with Crippen molar-refractivity contribution in [1.82, 2.24) is 4.57 Å². The fourth-order valence-corrected chi connectivity index (χ4v) is 8.88. The first-order chi connectivity index (χ1) is 26.5. The maximum atomic E-state index is 6.09. The summed E-state index contributed by atoms with van der Waals surface area (Å²) in [5, 5.41) is 4.79. The normalized spacial score (nSPS) is 13.5. The van der Waals surface area contributed by atoms with Crippen molar-refractivity contribution in [2.75, 3.05) is 4.90 Å². The Morgan fingerprint density at radius 1 is 0.389 bits per heavy atom. The molecule has 0 fully saturated rings. The van der Waals surface area contributed by atoms with Crippen molar-refractivity contribution >= 4 is 60.8 Å². The summed E-state index contributed by atoms with van der Waals surface area (Å²) in [5.41, 5.74) is 16.3. The van der Waals surface area contributed by atoms with Crippen molar-refractivity contribution in [2.45, 2.75) is 19.3 Å². The zero-order valence-electron chi connectivity index (χ0n) is 30.1. The molecule has 10 aromatic rings. The van der Waals surface area contributed by atoms with E-state index < -0.39 is 0 Å². The fraction of sp³-hybridized carbons (Fsp3) is 0.0588. The van der Waals surface area contributed by atoms with Gasteiger partial charge in [-0.1, -0.05) is 117 Å². The van der Waals surface area contributed by atoms with Crippen LogP contribution in [0.15, 0.2) is 186 Å². The highest BCUT2D eigenvalue weighted by molar-refractivity contribution is 6.11. The van der Waals surface area contributed by atoms with Crippen LogP contribution >= 0.6 is 0 Å². The van der Waals surface area contributed by atoms with Crippen LogP contribution in [0.4, 0.5) is 17.1 Å². The van der Waals surface area contributed by atoms with E-state index in [1.54, 1.807) is 0 Å². The van der Waals surface area contributed by atoms with Crippen LogP contribution in [0.5, 0.6) is 0 Å². The zero-order valence-corrected chi connectivity index (χ0v) is 30.1. The topological polar surface area (TPSA) is 21.3 Å². The van der Waals surface area contributed by atoms with Crippen LogP contribution in [0.25, 0.3) is 71.7 Å². The number of furan rings is 1. The minimum atomic E-state index is -0.169. The van der Waals surface area contributed by atoms with Crippen LogP contribution in [0.1, 0.15) is 25.0 Å². The molecule has 54 heavy (non-hydrogen) atoms. The van der Waals surface area contributed by atoms with E-state index in [1.165, 1.54) is 72.2 Å². The van der Waals surface area contributed by atoms with Gasteiger partial charge in [0, 0.05) is 38.3 Å². The van der Waals surface area contributed by atoms with Crippen molar-refractivity contribution in [3.8, 4) is 27.9 Å². The molecule has 0 saturated heterocycles. The molecule has 0 unspecified atom stereocenters. The van der Waals surface area contributed by atoms with Gasteiger partial charge in [0.25, 0.3) is 0 Å². The molecule has 0 saturated carbocycles. The molecule has 11 rings (SSSR count). The third-order valence-corrected chi connectivity index (χ3v) is 11.6. The first kappa shape index (κ1) is 30.8. The Bertz CT molecular complexity index is 3070. The van der Waals surface area contributed by atoms with Gasteiger partial charge in [0.05, 0.1) is 22.4 Å². The minimum absolute atomic E-state index is 0.169. The molecule has 0 radical (unpaired) electrons. The summed E-state index contributed by atoms with van der Waals surface area (Å²) >= 11 is 0. The summed E-state index contributed by atoms with van der Waals surface area (Å²) < 4.78 is 8.49. The number of hydrogen-bond acceptors (Lipinski definition) is 2. The molecule has 0 spiro atoms. The molecule has 3 nitrogen and oxygen atoms in total. The van der Waals surface area contributed by atoms with Gasteiger partial charge in [-0.2, -0.15) is 0 Å². The Morgan fingerprint density at radius 2 is 0.981 bits per heavy atom. The van der Waals surface area contributed by atoms with Gasteiger partial charge >= 0.3 is 0 Å². The van der Waals surface area contributed by atoms with E-state index in [4.69, 9.17) is 4.42 Å². The van der Waals surface area contributed by atoms with E-state index in [-0.39, 0.29) is 5.41 Å². The Balaban J connectivity index is 1.01. The molecule has 1 aliphatic heterocycles. The first-order valence-corrected chi connectivity index (χ1v) is 18.7. The third kappa shape index (κ3) is 4.55. The standard InChI is InChI=1S/C51H36N2O/c1-51(2)43-16-8-10-18-47(43)53(37-12-4-3-5-13-37)48-28-23-36(32-44(48)51)35-22-27-46-41(30-35)39-14-6-9-17-45(39)52(46)38-25-20-33(21-26-38)34-24-29-50-42(31-34)40-15-7-11-19-49(40)54-50/h3-32H,1-2H3. The molecule has 0 aliphatic carbocycles. The van der Waals surface area contributed by atoms with Crippen molar-refractivity contribution in [2.24, 2.45) is 0 Å². The predicted octanol–water partition coefficient (Wildman–Crippen LogP) is 14.1. The summed E-state index contributed by atoms with van der Waals surface area (Å²) in [4.78, 5) is 2.42. The monoisotopic (exact) mass is 692 g/mol. The number of fused-ring (bicyclic) bond motifs is 8. The van der Waals surface area contributed by atoms with Crippen LogP contribution in [-0.2, 0) is 5.41 Å². The number of nitrogens with zero attached hydrogens (tertiary/aromatic N) is 2. The lowest BCUT2D eigenvalue weighted by Gasteiger charge is -2.42. The van der Waals surface area contributed by atoms with Gasteiger partial charge in [-0.15, -0.1) is 0 Å². The van der Waals surface area contributed by atoms with Gasteiger partial charge in [-0.3, -0.25) is 0 Å². The number of benzene rings is 8. The van der Waals surface area contributed by atoms with Gasteiger partial charge in [-0.25, -0.2) is 0 Å². The third-order valence-electron chi connectivity index (χ3n) is 11.6. The van der Waals surface area contributed by atoms with E-state index >= 15 is 0 Å². The summed E-state index contributed by atoms with van der Waals surface area (Å²) in [6.07, 6.45) is 0. The highest BCUT2D eigenvalue weighted by Gasteiger charge is 2.37. The largest absolute Gasteiger partial charge is 0.456 e. The maximum absolute atomic E-state index is 6.09. The number of rotatable bonds is 4. The second-order valence-corrected chi connectivity index (χ2v) is 15.0. The molecule has 0 N–H and O–H groups in total. The lowest BCUT2D eigenvalue weighted by atomic mass is 9.73. The van der Waals surface area contributed by atoms with Crippen LogP contribution < -0.4 is 4.90 Å². The molecule has 0 bridgehead atoms. The van der Waals surface area contributed by atoms with Crippen molar-refractivity contribution in [3.63, 3.8) is 0 Å². The molecular formula is C51H36N2O. The SMILES string of the molecule is CC1(C)c2ccccc2N(c2ccccc2)c2ccc(-c3ccc4c(c3)c3ccccc3n4-c3ccc(-c4ccc5oc6ccccc6c5c4)cc3)cc21. The predicted molar refractivity (Wildman–Crippen MR) is 226 cm³/mol. The molecule has 1 aliphatic rings. The van der Waals surface area contributed by atoms with Gasteiger partial charge < -0.3 is 13.9 Å². The molecule has 0 atom stereocenters. The van der Waals surface area contributed by atoms with Gasteiger partial charge in [-0.05, 0) is 112 Å². The lowest BCUT2D eigenvalue weighted by molar-refractivity contribution is 0.632. The number of aromatic nitrogens is 1. The molecule has 256 valence electrons. The van der Waals surface area contributed by atoms with Gasteiger partial charge in [0.1, 0.15) is 11.2 Å². The molecule has 8 aromatic carbocycles. The smallest absolute Gasteiger partial charge is 0.135 e. The average molecular weight is 693 g/mol. The Labute approximate surface area is 314 Å². The molecular weight excluding hydrogens is 657 g/mol. The average Bonchev–Trinajstić information content (AvgIpc) is 3.76. The Morgan fingerprint density at radius 3 is 1.85 bits per heavy atom. The number of para-hydroxylation sites is 4. The van der Waals surface area contributed by atoms with E-state index in [0.717, 1.165) is 27.6 Å². The van der Waals surface area contributed by atoms with Crippen LogP contribution in [-0.4, -0.2) is 4.57 Å². The summed E-state index contributed by atoms with van der Waals surface area (Å²) in [5.74, 6) is 0. The first-order valence-electron chi connectivity index (χ1n) is 18.7.